The summed E-state index contributed by atoms with van der Waals surface area (Å²) in [6.07, 6.45) is 2.03. The van der Waals surface area contributed by atoms with Crippen LogP contribution >= 0.6 is 46.4 Å². The number of hydrogen-bond acceptors (Lipinski definition) is 5. The van der Waals surface area contributed by atoms with E-state index in [1.54, 1.807) is 57.9 Å². The number of hydrogen-bond donors (Lipinski definition) is 3. The van der Waals surface area contributed by atoms with E-state index in [1.165, 1.54) is 10.8 Å². The molecular weight excluding hydrogens is 566 g/mol. The minimum absolute atomic E-state index is 0.0471. The molecule has 1 saturated heterocycles. The zero-order valence-electron chi connectivity index (χ0n) is 18.8. The highest BCUT2D eigenvalue weighted by Gasteiger charge is 2.36. The fourth-order valence-corrected chi connectivity index (χ4v) is 5.36. The average molecular weight is 585 g/mol. The van der Waals surface area contributed by atoms with E-state index < -0.39 is 36.3 Å². The van der Waals surface area contributed by atoms with Crippen LogP contribution in [-0.4, -0.2) is 43.1 Å². The first-order valence-corrected chi connectivity index (χ1v) is 12.5. The molecule has 0 radical (unpaired) electrons. The number of nitrogens with one attached hydrogen (secondary N) is 1. The first kappa shape index (κ1) is 26.0. The van der Waals surface area contributed by atoms with Crippen LogP contribution in [0.25, 0.3) is 22.8 Å². The fourth-order valence-electron chi connectivity index (χ4n) is 4.33. The van der Waals surface area contributed by atoms with Crippen LogP contribution in [0.15, 0.2) is 64.6 Å². The molecule has 13 heteroatoms. The van der Waals surface area contributed by atoms with Crippen LogP contribution in [0.3, 0.4) is 0 Å². The predicted octanol–water partition coefficient (Wildman–Crippen LogP) is 3.53. The van der Waals surface area contributed by atoms with Crippen molar-refractivity contribution in [2.45, 2.75) is 24.9 Å². The van der Waals surface area contributed by atoms with Crippen molar-refractivity contribution in [3.8, 4) is 22.8 Å². The quantitative estimate of drug-likeness (QED) is 0.311. The van der Waals surface area contributed by atoms with Crippen LogP contribution in [-0.2, 0) is 4.74 Å². The molecule has 5 rings (SSSR count). The molecule has 0 amide bonds. The summed E-state index contributed by atoms with van der Waals surface area (Å²) in [6, 6.07) is 9.82. The molecule has 9 nitrogen and oxygen atoms in total. The average Bonchev–Trinajstić information content (AvgIpc) is 3.41. The number of H-pyrrole nitrogens is 1. The second-order valence-electron chi connectivity index (χ2n) is 8.44. The van der Waals surface area contributed by atoms with Gasteiger partial charge < -0.3 is 14.9 Å². The SMILES string of the molecule is O=c1[nH]c(=O)n([C@H]2C[C@H](O)[C@@H](CO)O2)cc1-c1n(-c2cc(Cl)cc(Cl)c2)cc[n+]1-c1cc(Cl)cc(Cl)c1. The van der Waals surface area contributed by atoms with E-state index in [-0.39, 0.29) is 12.0 Å². The lowest BCUT2D eigenvalue weighted by Crippen LogP contribution is -2.38. The molecule has 3 atom stereocenters. The molecular formula is C24H19Cl4N4O5+. The summed E-state index contributed by atoms with van der Waals surface area (Å²) in [6.45, 7) is -0.420. The summed E-state index contributed by atoms with van der Waals surface area (Å²) >= 11 is 25.0. The van der Waals surface area contributed by atoms with Crippen molar-refractivity contribution in [1.82, 2.24) is 14.1 Å². The lowest BCUT2D eigenvalue weighted by atomic mass is 10.2. The molecule has 1 fully saturated rings. The minimum atomic E-state index is -0.978. The number of aromatic nitrogens is 4. The maximum Gasteiger partial charge on any atom is 0.330 e. The molecule has 2 aromatic carbocycles. The first-order valence-electron chi connectivity index (χ1n) is 11.0. The number of ether oxygens (including phenoxy) is 1. The monoisotopic (exact) mass is 583 g/mol. The van der Waals surface area contributed by atoms with Gasteiger partial charge in [-0.15, -0.1) is 0 Å². The van der Waals surface area contributed by atoms with Gasteiger partial charge in [-0.1, -0.05) is 46.4 Å². The number of aromatic amines is 1. The molecule has 1 aliphatic rings. The zero-order chi connectivity index (χ0) is 26.4. The molecule has 0 bridgehead atoms. The molecule has 0 spiro atoms. The van der Waals surface area contributed by atoms with Crippen molar-refractivity contribution in [3.05, 3.63) is 95.9 Å². The number of nitrogens with zero attached hydrogens (tertiary/aromatic N) is 3. The number of aliphatic hydroxyl groups excluding tert-OH is 2. The third kappa shape index (κ3) is 5.08. The largest absolute Gasteiger partial charge is 0.394 e. The van der Waals surface area contributed by atoms with Crippen LogP contribution in [0.2, 0.25) is 20.1 Å². The predicted molar refractivity (Wildman–Crippen MR) is 139 cm³/mol. The Balaban J connectivity index is 1.76. The van der Waals surface area contributed by atoms with Gasteiger partial charge in [0.05, 0.1) is 12.7 Å². The normalized spacial score (nSPS) is 19.5. The molecule has 1 aliphatic heterocycles. The van der Waals surface area contributed by atoms with Gasteiger partial charge in [0, 0.05) is 57.0 Å². The van der Waals surface area contributed by atoms with E-state index in [9.17, 15) is 19.8 Å². The Hall–Kier alpha value is -2.63. The van der Waals surface area contributed by atoms with E-state index in [0.717, 1.165) is 0 Å². The van der Waals surface area contributed by atoms with Crippen molar-refractivity contribution in [3.63, 3.8) is 0 Å². The molecule has 4 aromatic rings. The molecule has 0 aliphatic carbocycles. The molecule has 37 heavy (non-hydrogen) atoms. The van der Waals surface area contributed by atoms with Crippen LogP contribution in [0.1, 0.15) is 12.6 Å². The Kier molecular flexibility index (Phi) is 7.21. The highest BCUT2D eigenvalue weighted by Crippen LogP contribution is 2.30. The van der Waals surface area contributed by atoms with Crippen molar-refractivity contribution in [2.75, 3.05) is 6.61 Å². The van der Waals surface area contributed by atoms with Gasteiger partial charge in [0.15, 0.2) is 0 Å². The maximum atomic E-state index is 13.2. The van der Waals surface area contributed by atoms with Gasteiger partial charge in [-0.2, -0.15) is 9.13 Å². The third-order valence-corrected chi connectivity index (χ3v) is 6.85. The van der Waals surface area contributed by atoms with Gasteiger partial charge in [-0.05, 0) is 12.1 Å². The van der Waals surface area contributed by atoms with E-state index in [1.807, 2.05) is 0 Å². The van der Waals surface area contributed by atoms with Gasteiger partial charge >= 0.3 is 11.5 Å². The highest BCUT2D eigenvalue weighted by atomic mass is 35.5. The molecule has 0 saturated carbocycles. The van der Waals surface area contributed by atoms with Crippen LogP contribution < -0.4 is 15.8 Å². The standard InChI is InChI=1S/C24H18Cl4N4O5/c25-12-3-13(26)6-16(5-12)30-1-2-31(17-7-14(27)4-15(28)8-17)23(30)18-10-32(24(36)29-22(18)35)21-9-19(34)20(11-33)37-21/h1-8,10,19-21,33-34H,9,11H2/p+1/t19-,20+,21+/m0/s1. The zero-order valence-corrected chi connectivity index (χ0v) is 21.8. The second kappa shape index (κ2) is 10.3. The molecule has 192 valence electrons. The number of halogens is 4. The summed E-state index contributed by atoms with van der Waals surface area (Å²) < 4.78 is 10.2. The lowest BCUT2D eigenvalue weighted by molar-refractivity contribution is -0.582. The smallest absolute Gasteiger partial charge is 0.330 e. The van der Waals surface area contributed by atoms with E-state index in [4.69, 9.17) is 51.1 Å². The van der Waals surface area contributed by atoms with Gasteiger partial charge in [0.1, 0.15) is 41.7 Å². The Labute approximate surface area is 229 Å². The topological polar surface area (TPSA) is 113 Å². The lowest BCUT2D eigenvalue weighted by Gasteiger charge is -2.15. The van der Waals surface area contributed by atoms with E-state index >= 15 is 0 Å². The minimum Gasteiger partial charge on any atom is -0.394 e. The number of benzene rings is 2. The van der Waals surface area contributed by atoms with Crippen molar-refractivity contribution >= 4 is 46.4 Å². The molecule has 3 heterocycles. The number of rotatable bonds is 5. The molecule has 2 aromatic heterocycles. The summed E-state index contributed by atoms with van der Waals surface area (Å²) in [5.41, 5.74) is -0.226. The van der Waals surface area contributed by atoms with Crippen molar-refractivity contribution in [2.24, 2.45) is 0 Å². The Morgan fingerprint density at radius 1 is 1.00 bits per heavy atom. The molecule has 3 N–H and O–H groups in total. The third-order valence-electron chi connectivity index (χ3n) is 5.98. The summed E-state index contributed by atoms with van der Waals surface area (Å²) in [4.78, 5) is 28.3. The van der Waals surface area contributed by atoms with Crippen molar-refractivity contribution in [1.29, 1.82) is 0 Å². The van der Waals surface area contributed by atoms with Crippen LogP contribution in [0.4, 0.5) is 0 Å². The van der Waals surface area contributed by atoms with Crippen LogP contribution in [0, 0.1) is 0 Å². The van der Waals surface area contributed by atoms with Gasteiger partial charge in [-0.25, -0.2) is 4.79 Å². The summed E-state index contributed by atoms with van der Waals surface area (Å²) in [5, 5.41) is 21.1. The first-order chi connectivity index (χ1) is 17.6. The molecule has 0 unspecified atom stereocenters. The highest BCUT2D eigenvalue weighted by molar-refractivity contribution is 6.35. The Morgan fingerprint density at radius 2 is 1.62 bits per heavy atom. The Morgan fingerprint density at radius 3 is 2.22 bits per heavy atom. The Bertz CT molecular complexity index is 1510. The maximum absolute atomic E-state index is 13.2. The van der Waals surface area contributed by atoms with E-state index in [0.29, 0.717) is 37.3 Å². The second-order valence-corrected chi connectivity index (χ2v) is 10.2. The van der Waals surface area contributed by atoms with Gasteiger partial charge in [0.2, 0.25) is 0 Å². The number of imidazole rings is 1. The summed E-state index contributed by atoms with van der Waals surface area (Å²) in [5.74, 6) is 0.323. The van der Waals surface area contributed by atoms with Gasteiger partial charge in [-0.3, -0.25) is 14.3 Å². The fraction of sp³-hybridized carbons (Fsp3) is 0.208. The van der Waals surface area contributed by atoms with Gasteiger partial charge in [0.25, 0.3) is 5.56 Å². The number of aliphatic hydroxyl groups is 2. The summed E-state index contributed by atoms with van der Waals surface area (Å²) in [7, 11) is 0. The van der Waals surface area contributed by atoms with E-state index in [2.05, 4.69) is 4.98 Å². The van der Waals surface area contributed by atoms with Crippen molar-refractivity contribution < 1.29 is 19.5 Å². The van der Waals surface area contributed by atoms with Crippen LogP contribution in [0.5, 0.6) is 0 Å².